The van der Waals surface area contributed by atoms with Crippen molar-refractivity contribution >= 4 is 17.8 Å². The molecule has 0 aromatic heterocycles. The van der Waals surface area contributed by atoms with E-state index in [1.54, 1.807) is 12.1 Å². The number of nitrogens with zero attached hydrogens (tertiary/aromatic N) is 1. The van der Waals surface area contributed by atoms with Crippen LogP contribution in [0.5, 0.6) is 0 Å². The summed E-state index contributed by atoms with van der Waals surface area (Å²) in [7, 11) is 0. The summed E-state index contributed by atoms with van der Waals surface area (Å²) >= 11 is 0. The molecule has 1 fully saturated rings. The van der Waals surface area contributed by atoms with E-state index in [2.05, 4.69) is 5.32 Å². The first-order valence-corrected chi connectivity index (χ1v) is 8.99. The largest absolute Gasteiger partial charge is 0.448 e. The predicted molar refractivity (Wildman–Crippen MR) is 92.0 cm³/mol. The van der Waals surface area contributed by atoms with Crippen molar-refractivity contribution in [1.82, 2.24) is 10.2 Å². The van der Waals surface area contributed by atoms with Crippen molar-refractivity contribution in [1.29, 1.82) is 0 Å². The lowest BCUT2D eigenvalue weighted by molar-refractivity contribution is -0.130. The molecule has 2 heterocycles. The first-order valence-electron chi connectivity index (χ1n) is 8.99. The van der Waals surface area contributed by atoms with Crippen LogP contribution in [0.1, 0.15) is 48.0 Å². The Labute approximate surface area is 147 Å². The van der Waals surface area contributed by atoms with Gasteiger partial charge in [-0.3, -0.25) is 9.59 Å². The highest BCUT2D eigenvalue weighted by molar-refractivity contribution is 5.95. The lowest BCUT2D eigenvalue weighted by Crippen LogP contribution is -2.42. The number of hydrogen-bond donors (Lipinski definition) is 1. The molecule has 0 spiro atoms. The maximum absolute atomic E-state index is 12.3. The molecule has 134 valence electrons. The molecule has 1 saturated heterocycles. The normalized spacial score (nSPS) is 20.5. The zero-order valence-electron chi connectivity index (χ0n) is 14.3. The van der Waals surface area contributed by atoms with Gasteiger partial charge in [-0.2, -0.15) is 0 Å². The van der Waals surface area contributed by atoms with E-state index in [9.17, 15) is 14.4 Å². The van der Waals surface area contributed by atoms with Crippen LogP contribution in [-0.2, 0) is 20.7 Å². The average Bonchev–Trinajstić information content (AvgIpc) is 2.83. The van der Waals surface area contributed by atoms with Gasteiger partial charge in [-0.25, -0.2) is 4.79 Å². The molecule has 2 aliphatic heterocycles. The van der Waals surface area contributed by atoms with Gasteiger partial charge in [0, 0.05) is 32.5 Å². The molecular weight excluding hydrogens is 320 g/mol. The Morgan fingerprint density at radius 3 is 2.92 bits per heavy atom. The number of ether oxygens (including phenoxy) is 1. The van der Waals surface area contributed by atoms with Gasteiger partial charge in [0.15, 0.2) is 6.10 Å². The minimum absolute atomic E-state index is 0.210. The first kappa shape index (κ1) is 17.5. The van der Waals surface area contributed by atoms with Crippen LogP contribution in [0.3, 0.4) is 0 Å². The minimum Gasteiger partial charge on any atom is -0.448 e. The number of rotatable bonds is 5. The topological polar surface area (TPSA) is 75.7 Å². The van der Waals surface area contributed by atoms with Gasteiger partial charge in [-0.15, -0.1) is 0 Å². The molecule has 1 N–H and O–H groups in total. The number of amides is 2. The third kappa shape index (κ3) is 4.38. The molecule has 0 radical (unpaired) electrons. The van der Waals surface area contributed by atoms with Crippen molar-refractivity contribution in [3.8, 4) is 0 Å². The van der Waals surface area contributed by atoms with Crippen LogP contribution in [0.15, 0.2) is 24.3 Å². The van der Waals surface area contributed by atoms with Crippen LogP contribution in [-0.4, -0.2) is 48.4 Å². The molecule has 0 saturated carbocycles. The summed E-state index contributed by atoms with van der Waals surface area (Å²) in [4.78, 5) is 38.0. The van der Waals surface area contributed by atoms with Crippen molar-refractivity contribution in [3.05, 3.63) is 35.4 Å². The van der Waals surface area contributed by atoms with Crippen LogP contribution in [0.4, 0.5) is 0 Å². The SMILES string of the molecule is O=C1OC(C(=O)NCCCN2CCCCCC2=O)Cc2ccccc21. The first-order chi connectivity index (χ1) is 12.1. The third-order valence-corrected chi connectivity index (χ3v) is 4.76. The average molecular weight is 344 g/mol. The number of carbonyl (C=O) groups is 3. The third-order valence-electron chi connectivity index (χ3n) is 4.76. The zero-order valence-corrected chi connectivity index (χ0v) is 14.3. The summed E-state index contributed by atoms with van der Waals surface area (Å²) in [6.45, 7) is 1.94. The van der Waals surface area contributed by atoms with Gasteiger partial charge >= 0.3 is 5.97 Å². The zero-order chi connectivity index (χ0) is 17.6. The highest BCUT2D eigenvalue weighted by Gasteiger charge is 2.30. The molecule has 1 aromatic rings. The van der Waals surface area contributed by atoms with Crippen molar-refractivity contribution in [2.24, 2.45) is 0 Å². The Balaban J connectivity index is 1.44. The van der Waals surface area contributed by atoms with Crippen LogP contribution in [0.2, 0.25) is 0 Å². The highest BCUT2D eigenvalue weighted by Crippen LogP contribution is 2.20. The Bertz CT molecular complexity index is 659. The van der Waals surface area contributed by atoms with Crippen LogP contribution < -0.4 is 5.32 Å². The fourth-order valence-corrected chi connectivity index (χ4v) is 3.35. The van der Waals surface area contributed by atoms with Gasteiger partial charge in [-0.1, -0.05) is 24.6 Å². The maximum atomic E-state index is 12.3. The van der Waals surface area contributed by atoms with E-state index in [4.69, 9.17) is 4.74 Å². The maximum Gasteiger partial charge on any atom is 0.339 e. The molecule has 6 heteroatoms. The van der Waals surface area contributed by atoms with Crippen molar-refractivity contribution in [2.45, 2.75) is 44.6 Å². The quantitative estimate of drug-likeness (QED) is 0.651. The lowest BCUT2D eigenvalue weighted by atomic mass is 9.98. The molecule has 1 aromatic carbocycles. The molecule has 1 atom stereocenters. The number of carbonyl (C=O) groups excluding carboxylic acids is 3. The fraction of sp³-hybridized carbons (Fsp3) is 0.526. The second-order valence-corrected chi connectivity index (χ2v) is 6.59. The second kappa shape index (κ2) is 8.14. The predicted octanol–water partition coefficient (Wildman–Crippen LogP) is 1.68. The molecule has 6 nitrogen and oxygen atoms in total. The molecule has 2 aliphatic rings. The molecule has 2 amide bonds. The summed E-state index contributed by atoms with van der Waals surface area (Å²) in [5.74, 6) is -0.510. The standard InChI is InChI=1S/C19H24N2O4/c22-17-9-2-1-5-11-21(17)12-6-10-20-18(23)16-13-14-7-3-4-8-15(14)19(24)25-16/h3-4,7-8,16H,1-2,5-6,9-13H2,(H,20,23). The van der Waals surface area contributed by atoms with Crippen LogP contribution in [0, 0.1) is 0 Å². The van der Waals surface area contributed by atoms with Gasteiger partial charge in [0.2, 0.25) is 5.91 Å². The Morgan fingerprint density at radius 2 is 2.04 bits per heavy atom. The van der Waals surface area contributed by atoms with Gasteiger partial charge in [0.25, 0.3) is 5.91 Å². The Morgan fingerprint density at radius 1 is 1.20 bits per heavy atom. The molecule has 25 heavy (non-hydrogen) atoms. The van der Waals surface area contributed by atoms with E-state index in [0.29, 0.717) is 37.9 Å². The molecule has 3 rings (SSSR count). The van der Waals surface area contributed by atoms with E-state index in [1.807, 2.05) is 17.0 Å². The summed E-state index contributed by atoms with van der Waals surface area (Å²) in [5.41, 5.74) is 1.38. The van der Waals surface area contributed by atoms with Gasteiger partial charge in [0.1, 0.15) is 0 Å². The number of likely N-dealkylation sites (tertiary alicyclic amines) is 1. The summed E-state index contributed by atoms with van der Waals surface area (Å²) in [5, 5.41) is 2.82. The van der Waals surface area contributed by atoms with Crippen molar-refractivity contribution in [2.75, 3.05) is 19.6 Å². The van der Waals surface area contributed by atoms with E-state index in [1.165, 1.54) is 0 Å². The monoisotopic (exact) mass is 344 g/mol. The van der Waals surface area contributed by atoms with Gasteiger partial charge in [-0.05, 0) is 30.9 Å². The molecule has 0 aliphatic carbocycles. The number of nitrogens with one attached hydrogen (secondary N) is 1. The van der Waals surface area contributed by atoms with Crippen molar-refractivity contribution in [3.63, 3.8) is 0 Å². The number of benzene rings is 1. The van der Waals surface area contributed by atoms with E-state index in [-0.39, 0.29) is 11.8 Å². The Hall–Kier alpha value is -2.37. The van der Waals surface area contributed by atoms with Gasteiger partial charge in [0.05, 0.1) is 5.56 Å². The molecular formula is C19H24N2O4. The lowest BCUT2D eigenvalue weighted by Gasteiger charge is -2.24. The van der Waals surface area contributed by atoms with Crippen molar-refractivity contribution < 1.29 is 19.1 Å². The van der Waals surface area contributed by atoms with E-state index >= 15 is 0 Å². The summed E-state index contributed by atoms with van der Waals surface area (Å²) < 4.78 is 5.24. The van der Waals surface area contributed by atoms with E-state index < -0.39 is 12.1 Å². The van der Waals surface area contributed by atoms with Crippen LogP contribution in [0.25, 0.3) is 0 Å². The smallest absolute Gasteiger partial charge is 0.339 e. The number of cyclic esters (lactones) is 1. The number of fused-ring (bicyclic) bond motifs is 1. The molecule has 1 unspecified atom stereocenters. The summed E-state index contributed by atoms with van der Waals surface area (Å²) in [6, 6.07) is 7.19. The second-order valence-electron chi connectivity index (χ2n) is 6.59. The number of hydrogen-bond acceptors (Lipinski definition) is 4. The fourth-order valence-electron chi connectivity index (χ4n) is 3.35. The highest BCUT2D eigenvalue weighted by atomic mass is 16.5. The Kier molecular flexibility index (Phi) is 5.68. The van der Waals surface area contributed by atoms with Crippen LogP contribution >= 0.6 is 0 Å². The van der Waals surface area contributed by atoms with Gasteiger partial charge < -0.3 is 15.0 Å². The number of esters is 1. The van der Waals surface area contributed by atoms with E-state index in [0.717, 1.165) is 31.4 Å². The summed E-state index contributed by atoms with van der Waals surface area (Å²) in [6.07, 6.45) is 4.09. The molecule has 0 bridgehead atoms. The minimum atomic E-state index is -0.776.